The van der Waals surface area contributed by atoms with Crippen molar-refractivity contribution in [2.24, 2.45) is 0 Å². The topological polar surface area (TPSA) is 41.8 Å². The van der Waals surface area contributed by atoms with Gasteiger partial charge >= 0.3 is 0 Å². The molecule has 0 aromatic carbocycles. The molecule has 0 atom stereocenters. The molecule has 3 nitrogen and oxygen atoms in total. The number of hydrogen-bond donors (Lipinski definition) is 1. The average molecular weight is 152 g/mol. The standard InChI is InChI=1S/C6H4N2OS/c10-6-5-4(1-2-9-5)7-3-8-6/h1-3H,(H,7,8,10). The number of nitrogens with zero attached hydrogens (tertiary/aromatic N) is 1. The molecule has 0 radical (unpaired) electrons. The molecule has 0 spiro atoms. The van der Waals surface area contributed by atoms with Crippen molar-refractivity contribution in [2.45, 2.75) is 0 Å². The summed E-state index contributed by atoms with van der Waals surface area (Å²) in [5, 5.41) is 0. The lowest BCUT2D eigenvalue weighted by molar-refractivity contribution is 0.612. The monoisotopic (exact) mass is 152 g/mol. The zero-order valence-electron chi connectivity index (χ0n) is 5.00. The Balaban J connectivity index is 3.09. The third-order valence-corrected chi connectivity index (χ3v) is 1.55. The number of nitrogens with one attached hydrogen (secondary N) is 1. The van der Waals surface area contributed by atoms with Crippen LogP contribution in [0.5, 0.6) is 0 Å². The summed E-state index contributed by atoms with van der Waals surface area (Å²) in [6.45, 7) is 0. The van der Waals surface area contributed by atoms with Crippen LogP contribution in [0.4, 0.5) is 0 Å². The highest BCUT2D eigenvalue weighted by Crippen LogP contribution is 2.10. The lowest BCUT2D eigenvalue weighted by atomic mass is 10.5. The van der Waals surface area contributed by atoms with E-state index >= 15 is 0 Å². The zero-order chi connectivity index (χ0) is 6.97. The van der Waals surface area contributed by atoms with Crippen molar-refractivity contribution in [3.05, 3.63) is 23.3 Å². The molecule has 50 valence electrons. The largest absolute Gasteiger partial charge is 0.460 e. The minimum Gasteiger partial charge on any atom is -0.460 e. The van der Waals surface area contributed by atoms with Gasteiger partial charge in [0.2, 0.25) is 0 Å². The van der Waals surface area contributed by atoms with Crippen LogP contribution in [0.15, 0.2) is 23.1 Å². The maximum Gasteiger partial charge on any atom is 0.186 e. The number of aromatic amines is 1. The summed E-state index contributed by atoms with van der Waals surface area (Å²) >= 11 is 4.88. The number of H-pyrrole nitrogens is 1. The Morgan fingerprint density at radius 1 is 1.60 bits per heavy atom. The van der Waals surface area contributed by atoms with Crippen molar-refractivity contribution >= 4 is 23.3 Å². The van der Waals surface area contributed by atoms with Crippen LogP contribution in [0, 0.1) is 4.64 Å². The van der Waals surface area contributed by atoms with Crippen molar-refractivity contribution in [3.8, 4) is 0 Å². The summed E-state index contributed by atoms with van der Waals surface area (Å²) < 4.78 is 5.55. The molecule has 2 rings (SSSR count). The molecule has 10 heavy (non-hydrogen) atoms. The van der Waals surface area contributed by atoms with Crippen LogP contribution < -0.4 is 0 Å². The van der Waals surface area contributed by atoms with Crippen LogP contribution in [0.3, 0.4) is 0 Å². The van der Waals surface area contributed by atoms with Gasteiger partial charge in [0.05, 0.1) is 18.1 Å². The van der Waals surface area contributed by atoms with Gasteiger partial charge in [-0.05, 0) is 0 Å². The molecule has 2 heterocycles. The Morgan fingerprint density at radius 3 is 3.30 bits per heavy atom. The van der Waals surface area contributed by atoms with Crippen molar-refractivity contribution < 1.29 is 4.42 Å². The summed E-state index contributed by atoms with van der Waals surface area (Å²) in [5.74, 6) is 0. The molecular formula is C6H4N2OS. The third kappa shape index (κ3) is 0.657. The van der Waals surface area contributed by atoms with Crippen LogP contribution in [0.2, 0.25) is 0 Å². The van der Waals surface area contributed by atoms with Crippen LogP contribution in [-0.4, -0.2) is 9.97 Å². The van der Waals surface area contributed by atoms with E-state index < -0.39 is 0 Å². The minimum absolute atomic E-state index is 0.499. The third-order valence-electron chi connectivity index (χ3n) is 1.26. The van der Waals surface area contributed by atoms with E-state index in [0.717, 1.165) is 5.52 Å². The Morgan fingerprint density at radius 2 is 2.50 bits per heavy atom. The SMILES string of the molecule is S=c1nc[nH]c2ccoc12. The van der Waals surface area contributed by atoms with Gasteiger partial charge in [0, 0.05) is 6.07 Å². The van der Waals surface area contributed by atoms with Gasteiger partial charge in [-0.15, -0.1) is 0 Å². The molecular weight excluding hydrogens is 148 g/mol. The first-order chi connectivity index (χ1) is 4.88. The van der Waals surface area contributed by atoms with Gasteiger partial charge < -0.3 is 9.40 Å². The van der Waals surface area contributed by atoms with E-state index in [1.165, 1.54) is 0 Å². The smallest absolute Gasteiger partial charge is 0.186 e. The maximum atomic E-state index is 5.05. The molecule has 0 saturated carbocycles. The van der Waals surface area contributed by atoms with Crippen molar-refractivity contribution in [2.75, 3.05) is 0 Å². The zero-order valence-corrected chi connectivity index (χ0v) is 5.81. The van der Waals surface area contributed by atoms with Gasteiger partial charge in [0.15, 0.2) is 10.2 Å². The molecule has 0 aliphatic rings. The average Bonchev–Trinajstić information content (AvgIpc) is 2.36. The van der Waals surface area contributed by atoms with E-state index in [0.29, 0.717) is 10.2 Å². The van der Waals surface area contributed by atoms with Crippen LogP contribution in [0.25, 0.3) is 11.1 Å². The minimum atomic E-state index is 0.499. The van der Waals surface area contributed by atoms with Crippen LogP contribution in [-0.2, 0) is 0 Å². The van der Waals surface area contributed by atoms with E-state index in [4.69, 9.17) is 16.6 Å². The molecule has 2 aromatic rings. The second-order valence-electron chi connectivity index (χ2n) is 1.87. The van der Waals surface area contributed by atoms with E-state index in [2.05, 4.69) is 9.97 Å². The fourth-order valence-corrected chi connectivity index (χ4v) is 1.02. The number of rotatable bonds is 0. The maximum absolute atomic E-state index is 5.05. The molecule has 0 aliphatic carbocycles. The molecule has 0 aliphatic heterocycles. The predicted molar refractivity (Wildman–Crippen MR) is 39.2 cm³/mol. The first-order valence-corrected chi connectivity index (χ1v) is 3.19. The molecule has 1 N–H and O–H groups in total. The molecule has 0 amide bonds. The highest BCUT2D eigenvalue weighted by molar-refractivity contribution is 7.71. The van der Waals surface area contributed by atoms with Gasteiger partial charge in [-0.3, -0.25) is 0 Å². The Labute approximate surface area is 61.7 Å². The predicted octanol–water partition coefficient (Wildman–Crippen LogP) is 1.89. The second-order valence-corrected chi connectivity index (χ2v) is 2.26. The highest BCUT2D eigenvalue weighted by Gasteiger charge is 1.95. The first-order valence-electron chi connectivity index (χ1n) is 2.79. The van der Waals surface area contributed by atoms with Gasteiger partial charge in [-0.2, -0.15) is 0 Å². The molecule has 0 fully saturated rings. The molecule has 2 aromatic heterocycles. The summed E-state index contributed by atoms with van der Waals surface area (Å²) in [5.41, 5.74) is 1.54. The second kappa shape index (κ2) is 1.91. The number of aromatic nitrogens is 2. The Hall–Kier alpha value is -1.16. The highest BCUT2D eigenvalue weighted by atomic mass is 32.1. The van der Waals surface area contributed by atoms with Crippen molar-refractivity contribution in [1.82, 2.24) is 9.97 Å². The molecule has 0 saturated heterocycles. The molecule has 4 heteroatoms. The fourth-order valence-electron chi connectivity index (χ4n) is 0.808. The van der Waals surface area contributed by atoms with E-state index in [-0.39, 0.29) is 0 Å². The van der Waals surface area contributed by atoms with Crippen LogP contribution >= 0.6 is 12.2 Å². The van der Waals surface area contributed by atoms with Gasteiger partial charge in [0.1, 0.15) is 0 Å². The van der Waals surface area contributed by atoms with Crippen molar-refractivity contribution in [3.63, 3.8) is 0 Å². The van der Waals surface area contributed by atoms with Crippen molar-refractivity contribution in [1.29, 1.82) is 0 Å². The number of fused-ring (bicyclic) bond motifs is 1. The molecule has 0 bridgehead atoms. The van der Waals surface area contributed by atoms with E-state index in [9.17, 15) is 0 Å². The first kappa shape index (κ1) is 5.61. The lowest BCUT2D eigenvalue weighted by Crippen LogP contribution is -1.76. The lowest BCUT2D eigenvalue weighted by Gasteiger charge is -1.84. The van der Waals surface area contributed by atoms with Gasteiger partial charge in [-0.1, -0.05) is 12.2 Å². The van der Waals surface area contributed by atoms with Gasteiger partial charge in [0.25, 0.3) is 0 Å². The Kier molecular flexibility index (Phi) is 1.07. The van der Waals surface area contributed by atoms with Crippen LogP contribution in [0.1, 0.15) is 0 Å². The number of hydrogen-bond acceptors (Lipinski definition) is 3. The van der Waals surface area contributed by atoms with Gasteiger partial charge in [-0.25, -0.2) is 4.98 Å². The number of furan rings is 1. The summed E-state index contributed by atoms with van der Waals surface area (Å²) in [4.78, 5) is 6.75. The summed E-state index contributed by atoms with van der Waals surface area (Å²) in [7, 11) is 0. The quantitative estimate of drug-likeness (QED) is 0.586. The van der Waals surface area contributed by atoms with E-state index in [1.807, 2.05) is 6.07 Å². The van der Waals surface area contributed by atoms with E-state index in [1.54, 1.807) is 12.6 Å². The fraction of sp³-hybridized carbons (Fsp3) is 0. The molecule has 0 unspecified atom stereocenters. The Bertz CT molecular complexity index is 403. The summed E-state index contributed by atoms with van der Waals surface area (Å²) in [6, 6.07) is 1.81. The summed E-state index contributed by atoms with van der Waals surface area (Å²) in [6.07, 6.45) is 3.14. The normalized spacial score (nSPS) is 10.4.